The van der Waals surface area contributed by atoms with Crippen molar-refractivity contribution >= 4 is 55.7 Å². The summed E-state index contributed by atoms with van der Waals surface area (Å²) in [6.45, 7) is 4.34. The van der Waals surface area contributed by atoms with Gasteiger partial charge in [0.1, 0.15) is 0 Å². The van der Waals surface area contributed by atoms with E-state index in [-0.39, 0.29) is 17.7 Å². The summed E-state index contributed by atoms with van der Waals surface area (Å²) in [5, 5.41) is 2.13. The number of carbonyl (C=O) groups is 2. The predicted octanol–water partition coefficient (Wildman–Crippen LogP) is 7.25. The van der Waals surface area contributed by atoms with Gasteiger partial charge < -0.3 is 4.57 Å². The number of thioether (sulfide) groups is 1. The Labute approximate surface area is 205 Å². The molecule has 1 aliphatic heterocycles. The molecule has 2 amide bonds. The topological polar surface area (TPSA) is 42.3 Å². The van der Waals surface area contributed by atoms with Gasteiger partial charge in [0.05, 0.1) is 11.4 Å². The standard InChI is InChI=1S/C27H21BrN2O2S/c1-17-13-22(18(2)30(17)23-12-11-19-7-3-4-8-20(19)14-23)15-25-26(31)29(27(32)33-25)16-21-9-5-6-10-24(21)28/h3-15H,16H2,1-2H3/b25-15-. The molecule has 33 heavy (non-hydrogen) atoms. The smallest absolute Gasteiger partial charge is 0.293 e. The number of carbonyl (C=O) groups excluding carboxylic acids is 2. The van der Waals surface area contributed by atoms with E-state index >= 15 is 0 Å². The van der Waals surface area contributed by atoms with Gasteiger partial charge in [-0.15, -0.1) is 0 Å². The van der Waals surface area contributed by atoms with Crippen LogP contribution >= 0.6 is 27.7 Å². The number of benzene rings is 3. The van der Waals surface area contributed by atoms with E-state index in [4.69, 9.17) is 0 Å². The van der Waals surface area contributed by atoms with Crippen LogP contribution in [0.3, 0.4) is 0 Å². The summed E-state index contributed by atoms with van der Waals surface area (Å²) in [5.41, 5.74) is 5.01. The van der Waals surface area contributed by atoms with Crippen molar-refractivity contribution in [3.63, 3.8) is 0 Å². The van der Waals surface area contributed by atoms with E-state index in [0.29, 0.717) is 4.91 Å². The summed E-state index contributed by atoms with van der Waals surface area (Å²) >= 11 is 4.49. The van der Waals surface area contributed by atoms with Gasteiger partial charge in [-0.3, -0.25) is 14.5 Å². The minimum Gasteiger partial charge on any atom is -0.318 e. The number of amides is 2. The third kappa shape index (κ3) is 4.05. The number of fused-ring (bicyclic) bond motifs is 1. The van der Waals surface area contributed by atoms with E-state index in [9.17, 15) is 9.59 Å². The zero-order chi connectivity index (χ0) is 23.1. The summed E-state index contributed by atoms with van der Waals surface area (Å²) in [5.74, 6) is -0.253. The SMILES string of the molecule is Cc1cc(/C=C2\SC(=O)N(Cc3ccccc3Br)C2=O)c(C)n1-c1ccc2ccccc2c1. The molecule has 4 aromatic rings. The van der Waals surface area contributed by atoms with E-state index in [1.165, 1.54) is 15.7 Å². The number of imide groups is 1. The van der Waals surface area contributed by atoms with Gasteiger partial charge in [-0.2, -0.15) is 0 Å². The first kappa shape index (κ1) is 21.7. The molecule has 0 aliphatic carbocycles. The number of aryl methyl sites for hydroxylation is 1. The number of rotatable bonds is 4. The molecule has 0 bridgehead atoms. The Bertz CT molecular complexity index is 1450. The van der Waals surface area contributed by atoms with E-state index in [1.54, 1.807) is 0 Å². The molecule has 0 unspecified atom stereocenters. The van der Waals surface area contributed by atoms with Gasteiger partial charge in [0, 0.05) is 21.5 Å². The number of halogens is 1. The van der Waals surface area contributed by atoms with Gasteiger partial charge in [0.2, 0.25) is 0 Å². The Morgan fingerprint density at radius 1 is 0.909 bits per heavy atom. The molecular weight excluding hydrogens is 496 g/mol. The van der Waals surface area contributed by atoms with Crippen LogP contribution in [0.4, 0.5) is 4.79 Å². The van der Waals surface area contributed by atoms with Crippen molar-refractivity contribution in [1.29, 1.82) is 0 Å². The molecule has 1 aliphatic rings. The lowest BCUT2D eigenvalue weighted by Gasteiger charge is -2.13. The minimum absolute atomic E-state index is 0.245. The molecule has 1 saturated heterocycles. The first-order valence-electron chi connectivity index (χ1n) is 10.6. The van der Waals surface area contributed by atoms with Crippen LogP contribution in [-0.4, -0.2) is 20.6 Å². The van der Waals surface area contributed by atoms with Crippen molar-refractivity contribution in [3.05, 3.63) is 105 Å². The third-order valence-corrected chi connectivity index (χ3v) is 7.59. The number of aromatic nitrogens is 1. The van der Waals surface area contributed by atoms with Gasteiger partial charge in [0.15, 0.2) is 0 Å². The van der Waals surface area contributed by atoms with Crippen molar-refractivity contribution in [2.24, 2.45) is 0 Å². The highest BCUT2D eigenvalue weighted by atomic mass is 79.9. The quantitative estimate of drug-likeness (QED) is 0.268. The monoisotopic (exact) mass is 516 g/mol. The Hall–Kier alpha value is -3.09. The lowest BCUT2D eigenvalue weighted by molar-refractivity contribution is -0.123. The lowest BCUT2D eigenvalue weighted by atomic mass is 10.1. The highest BCUT2D eigenvalue weighted by molar-refractivity contribution is 9.10. The van der Waals surface area contributed by atoms with E-state index < -0.39 is 0 Å². The molecule has 6 heteroatoms. The average molecular weight is 517 g/mol. The number of nitrogens with zero attached hydrogens (tertiary/aromatic N) is 2. The molecule has 0 N–H and O–H groups in total. The molecule has 1 aromatic heterocycles. The average Bonchev–Trinajstić information content (AvgIpc) is 3.24. The van der Waals surface area contributed by atoms with Crippen molar-refractivity contribution in [2.75, 3.05) is 0 Å². The summed E-state index contributed by atoms with van der Waals surface area (Å²) in [4.78, 5) is 27.4. The summed E-state index contributed by atoms with van der Waals surface area (Å²) in [6, 6.07) is 24.4. The number of hydrogen-bond donors (Lipinski definition) is 0. The molecule has 5 rings (SSSR count). The first-order valence-corrected chi connectivity index (χ1v) is 12.2. The molecule has 0 atom stereocenters. The molecule has 2 heterocycles. The fourth-order valence-electron chi connectivity index (χ4n) is 4.22. The van der Waals surface area contributed by atoms with Gasteiger partial charge in [-0.1, -0.05) is 64.5 Å². The van der Waals surface area contributed by atoms with E-state index in [1.807, 2.05) is 49.4 Å². The van der Waals surface area contributed by atoms with Crippen LogP contribution in [0.15, 0.2) is 82.2 Å². The molecule has 0 spiro atoms. The van der Waals surface area contributed by atoms with E-state index in [0.717, 1.165) is 44.4 Å². The second-order valence-electron chi connectivity index (χ2n) is 8.05. The summed E-state index contributed by atoms with van der Waals surface area (Å²) in [7, 11) is 0. The lowest BCUT2D eigenvalue weighted by Crippen LogP contribution is -2.27. The van der Waals surface area contributed by atoms with Gasteiger partial charge in [0.25, 0.3) is 11.1 Å². The maximum Gasteiger partial charge on any atom is 0.293 e. The maximum absolute atomic E-state index is 13.0. The minimum atomic E-state index is -0.253. The van der Waals surface area contributed by atoms with Crippen molar-refractivity contribution < 1.29 is 9.59 Å². The molecule has 3 aromatic carbocycles. The summed E-state index contributed by atoms with van der Waals surface area (Å²) < 4.78 is 3.07. The van der Waals surface area contributed by atoms with Gasteiger partial charge in [-0.05, 0) is 77.9 Å². The molecular formula is C27H21BrN2O2S. The first-order chi connectivity index (χ1) is 15.9. The van der Waals surface area contributed by atoms with Crippen molar-refractivity contribution in [1.82, 2.24) is 9.47 Å². The van der Waals surface area contributed by atoms with Crippen LogP contribution in [-0.2, 0) is 11.3 Å². The zero-order valence-electron chi connectivity index (χ0n) is 18.2. The van der Waals surface area contributed by atoms with Crippen LogP contribution in [0.5, 0.6) is 0 Å². The van der Waals surface area contributed by atoms with Crippen LogP contribution in [0.2, 0.25) is 0 Å². The van der Waals surface area contributed by atoms with Crippen LogP contribution in [0.25, 0.3) is 22.5 Å². The van der Waals surface area contributed by atoms with Gasteiger partial charge >= 0.3 is 0 Å². The van der Waals surface area contributed by atoms with Crippen LogP contribution in [0, 0.1) is 13.8 Å². The second kappa shape index (κ2) is 8.69. The van der Waals surface area contributed by atoms with Crippen LogP contribution in [0.1, 0.15) is 22.5 Å². The molecule has 0 saturated carbocycles. The Morgan fingerprint density at radius 3 is 2.42 bits per heavy atom. The van der Waals surface area contributed by atoms with Crippen molar-refractivity contribution in [3.8, 4) is 5.69 Å². The fraction of sp³-hybridized carbons (Fsp3) is 0.111. The molecule has 4 nitrogen and oxygen atoms in total. The normalized spacial score (nSPS) is 15.2. The Balaban J connectivity index is 1.47. The Kier molecular flexibility index (Phi) is 5.72. The van der Waals surface area contributed by atoms with E-state index in [2.05, 4.69) is 63.8 Å². The highest BCUT2D eigenvalue weighted by Gasteiger charge is 2.35. The van der Waals surface area contributed by atoms with Crippen LogP contribution < -0.4 is 0 Å². The van der Waals surface area contributed by atoms with Crippen molar-refractivity contribution in [2.45, 2.75) is 20.4 Å². The maximum atomic E-state index is 13.0. The third-order valence-electron chi connectivity index (χ3n) is 5.91. The molecule has 0 radical (unpaired) electrons. The predicted molar refractivity (Wildman–Crippen MR) is 138 cm³/mol. The fourth-order valence-corrected chi connectivity index (χ4v) is 5.46. The second-order valence-corrected chi connectivity index (χ2v) is 9.90. The highest BCUT2D eigenvalue weighted by Crippen LogP contribution is 2.35. The molecule has 164 valence electrons. The Morgan fingerprint density at radius 2 is 1.64 bits per heavy atom. The zero-order valence-corrected chi connectivity index (χ0v) is 20.6. The molecule has 1 fully saturated rings. The summed E-state index contributed by atoms with van der Waals surface area (Å²) in [6.07, 6.45) is 1.84. The van der Waals surface area contributed by atoms with Gasteiger partial charge in [-0.25, -0.2) is 0 Å². The number of hydrogen-bond acceptors (Lipinski definition) is 3. The largest absolute Gasteiger partial charge is 0.318 e.